The number of ether oxygens (including phenoxy) is 2. The molecule has 1 aliphatic carbocycles. The van der Waals surface area contributed by atoms with E-state index in [-0.39, 0.29) is 30.1 Å². The molecule has 2 aromatic rings. The number of methoxy groups -OCH3 is 1. The third-order valence-corrected chi connectivity index (χ3v) is 5.44. The molecule has 7 heteroatoms. The van der Waals surface area contributed by atoms with Crippen molar-refractivity contribution in [1.29, 1.82) is 0 Å². The quantitative estimate of drug-likeness (QED) is 0.277. The van der Waals surface area contributed by atoms with Crippen LogP contribution in [0.5, 0.6) is 11.5 Å². The number of hydrogen-bond acceptors (Lipinski definition) is 4. The number of benzene rings is 1. The normalized spacial score (nSPS) is 14.1. The fourth-order valence-corrected chi connectivity index (χ4v) is 3.76. The predicted octanol–water partition coefficient (Wildman–Crippen LogP) is 4.64. The Labute approximate surface area is 203 Å². The van der Waals surface area contributed by atoms with Crippen molar-refractivity contribution in [3.63, 3.8) is 0 Å². The summed E-state index contributed by atoms with van der Waals surface area (Å²) in [4.78, 5) is 8.96. The molecular weight excluding hydrogens is 503 g/mol. The number of nitrogens with zero attached hydrogens (tertiary/aromatic N) is 2. The molecule has 31 heavy (non-hydrogen) atoms. The molecular formula is C24H35IN4O2. The van der Waals surface area contributed by atoms with E-state index in [0.29, 0.717) is 6.54 Å². The van der Waals surface area contributed by atoms with Gasteiger partial charge in [-0.3, -0.25) is 4.98 Å². The zero-order chi connectivity index (χ0) is 21.2. The Kier molecular flexibility index (Phi) is 10.9. The van der Waals surface area contributed by atoms with Crippen LogP contribution in [0.3, 0.4) is 0 Å². The van der Waals surface area contributed by atoms with Crippen LogP contribution in [0.25, 0.3) is 0 Å². The lowest BCUT2D eigenvalue weighted by atomic mass is 10.1. The summed E-state index contributed by atoms with van der Waals surface area (Å²) in [5.41, 5.74) is 3.56. The molecule has 0 radical (unpaired) electrons. The standard InChI is InChI=1S/C24H34N4O2.HI/c1-4-26-24(27-15-13-19-12-14-25-16-18(19)2)28-17-20-8-7-11-22(29-3)23(20)30-21-9-5-6-10-21;/h7-8,11-12,14,16,21H,4-6,9-10,13,15,17H2,1-3H3,(H2,26,27,28);1H. The highest BCUT2D eigenvalue weighted by atomic mass is 127. The largest absolute Gasteiger partial charge is 0.493 e. The van der Waals surface area contributed by atoms with Gasteiger partial charge in [0.2, 0.25) is 0 Å². The Bertz CT molecular complexity index is 838. The van der Waals surface area contributed by atoms with E-state index in [9.17, 15) is 0 Å². The molecule has 1 aromatic heterocycles. The number of para-hydroxylation sites is 1. The fourth-order valence-electron chi connectivity index (χ4n) is 3.76. The molecule has 0 aliphatic heterocycles. The van der Waals surface area contributed by atoms with Gasteiger partial charge in [-0.1, -0.05) is 12.1 Å². The van der Waals surface area contributed by atoms with Gasteiger partial charge in [0.05, 0.1) is 19.8 Å². The molecule has 0 bridgehead atoms. The number of aryl methyl sites for hydroxylation is 1. The molecule has 6 nitrogen and oxygen atoms in total. The molecule has 0 amide bonds. The summed E-state index contributed by atoms with van der Waals surface area (Å²) in [5.74, 6) is 2.42. The summed E-state index contributed by atoms with van der Waals surface area (Å²) in [6.07, 6.45) is 9.64. The van der Waals surface area contributed by atoms with Crippen LogP contribution in [-0.4, -0.2) is 37.2 Å². The first kappa shape index (κ1) is 25.2. The van der Waals surface area contributed by atoms with Gasteiger partial charge in [0.15, 0.2) is 17.5 Å². The Morgan fingerprint density at radius 1 is 1.16 bits per heavy atom. The third-order valence-electron chi connectivity index (χ3n) is 5.44. The van der Waals surface area contributed by atoms with Crippen molar-refractivity contribution in [1.82, 2.24) is 15.6 Å². The van der Waals surface area contributed by atoms with Gasteiger partial charge < -0.3 is 20.1 Å². The molecule has 1 heterocycles. The molecule has 170 valence electrons. The van der Waals surface area contributed by atoms with E-state index in [4.69, 9.17) is 14.5 Å². The van der Waals surface area contributed by atoms with Gasteiger partial charge in [0, 0.05) is 31.0 Å². The molecule has 2 N–H and O–H groups in total. The molecule has 0 unspecified atom stereocenters. The summed E-state index contributed by atoms with van der Waals surface area (Å²) in [6, 6.07) is 8.10. The number of guanidine groups is 1. The number of hydrogen-bond donors (Lipinski definition) is 2. The molecule has 0 spiro atoms. The molecule has 0 atom stereocenters. The van der Waals surface area contributed by atoms with Crippen LogP contribution in [0.15, 0.2) is 41.7 Å². The lowest BCUT2D eigenvalue weighted by Gasteiger charge is -2.19. The van der Waals surface area contributed by atoms with Gasteiger partial charge in [-0.2, -0.15) is 0 Å². The van der Waals surface area contributed by atoms with Crippen LogP contribution < -0.4 is 20.1 Å². The minimum absolute atomic E-state index is 0. The second kappa shape index (κ2) is 13.4. The van der Waals surface area contributed by atoms with E-state index in [1.54, 1.807) is 7.11 Å². The minimum Gasteiger partial charge on any atom is -0.493 e. The Morgan fingerprint density at radius 3 is 2.68 bits per heavy atom. The molecule has 1 aliphatic rings. The maximum absolute atomic E-state index is 6.33. The average Bonchev–Trinajstić information content (AvgIpc) is 3.27. The zero-order valence-corrected chi connectivity index (χ0v) is 21.1. The van der Waals surface area contributed by atoms with Gasteiger partial charge in [0.25, 0.3) is 0 Å². The maximum atomic E-state index is 6.33. The van der Waals surface area contributed by atoms with Gasteiger partial charge in [-0.15, -0.1) is 24.0 Å². The minimum atomic E-state index is 0. The number of rotatable bonds is 9. The first-order valence-corrected chi connectivity index (χ1v) is 11.0. The third kappa shape index (κ3) is 7.55. The second-order valence-corrected chi connectivity index (χ2v) is 7.65. The number of pyridine rings is 1. The van der Waals surface area contributed by atoms with Crippen molar-refractivity contribution in [2.75, 3.05) is 20.2 Å². The van der Waals surface area contributed by atoms with E-state index in [1.807, 2.05) is 24.5 Å². The maximum Gasteiger partial charge on any atom is 0.191 e. The van der Waals surface area contributed by atoms with Gasteiger partial charge in [-0.05, 0) is 69.2 Å². The summed E-state index contributed by atoms with van der Waals surface area (Å²) < 4.78 is 11.9. The summed E-state index contributed by atoms with van der Waals surface area (Å²) >= 11 is 0. The number of aromatic nitrogens is 1. The Hall–Kier alpha value is -2.03. The average molecular weight is 538 g/mol. The van der Waals surface area contributed by atoms with Gasteiger partial charge in [0.1, 0.15) is 0 Å². The van der Waals surface area contributed by atoms with Crippen molar-refractivity contribution in [3.05, 3.63) is 53.3 Å². The van der Waals surface area contributed by atoms with Crippen molar-refractivity contribution >= 4 is 29.9 Å². The van der Waals surface area contributed by atoms with E-state index < -0.39 is 0 Å². The number of nitrogens with one attached hydrogen (secondary N) is 2. The highest BCUT2D eigenvalue weighted by molar-refractivity contribution is 14.0. The summed E-state index contributed by atoms with van der Waals surface area (Å²) in [6.45, 7) is 6.31. The first-order chi connectivity index (χ1) is 14.7. The first-order valence-electron chi connectivity index (χ1n) is 11.0. The molecule has 1 saturated carbocycles. The van der Waals surface area contributed by atoms with Crippen LogP contribution in [0, 0.1) is 6.92 Å². The van der Waals surface area contributed by atoms with Crippen LogP contribution >= 0.6 is 24.0 Å². The van der Waals surface area contributed by atoms with Crippen molar-refractivity contribution in [3.8, 4) is 11.5 Å². The van der Waals surface area contributed by atoms with Crippen molar-refractivity contribution in [2.24, 2.45) is 4.99 Å². The van der Waals surface area contributed by atoms with Gasteiger partial charge >= 0.3 is 0 Å². The number of aliphatic imine (C=N–C) groups is 1. The Morgan fingerprint density at radius 2 is 1.97 bits per heavy atom. The highest BCUT2D eigenvalue weighted by Crippen LogP contribution is 2.35. The molecule has 0 saturated heterocycles. The number of halogens is 1. The molecule has 1 fully saturated rings. The highest BCUT2D eigenvalue weighted by Gasteiger charge is 2.20. The van der Waals surface area contributed by atoms with Crippen LogP contribution in [-0.2, 0) is 13.0 Å². The summed E-state index contributed by atoms with van der Waals surface area (Å²) in [5, 5.41) is 6.76. The smallest absolute Gasteiger partial charge is 0.191 e. The topological polar surface area (TPSA) is 67.8 Å². The Balaban J connectivity index is 0.00000341. The monoisotopic (exact) mass is 538 g/mol. The van der Waals surface area contributed by atoms with Crippen molar-refractivity contribution in [2.45, 2.75) is 58.6 Å². The van der Waals surface area contributed by atoms with Gasteiger partial charge in [-0.25, -0.2) is 4.99 Å². The SMILES string of the molecule is CCNC(=NCc1cccc(OC)c1OC1CCCC1)NCCc1ccncc1C.I. The van der Waals surface area contributed by atoms with Crippen LogP contribution in [0.4, 0.5) is 0 Å². The van der Waals surface area contributed by atoms with Crippen molar-refractivity contribution < 1.29 is 9.47 Å². The zero-order valence-electron chi connectivity index (χ0n) is 18.8. The van der Waals surface area contributed by atoms with E-state index >= 15 is 0 Å². The fraction of sp³-hybridized carbons (Fsp3) is 0.500. The predicted molar refractivity (Wildman–Crippen MR) is 137 cm³/mol. The van der Waals surface area contributed by atoms with Crippen LogP contribution in [0.1, 0.15) is 49.3 Å². The lowest BCUT2D eigenvalue weighted by Crippen LogP contribution is -2.38. The van der Waals surface area contributed by atoms with E-state index in [0.717, 1.165) is 55.4 Å². The second-order valence-electron chi connectivity index (χ2n) is 7.65. The van der Waals surface area contributed by atoms with E-state index in [1.165, 1.54) is 24.0 Å². The van der Waals surface area contributed by atoms with Crippen LogP contribution in [0.2, 0.25) is 0 Å². The van der Waals surface area contributed by atoms with E-state index in [2.05, 4.69) is 41.6 Å². The molecule has 3 rings (SSSR count). The summed E-state index contributed by atoms with van der Waals surface area (Å²) in [7, 11) is 1.69. The molecule has 1 aromatic carbocycles. The lowest BCUT2D eigenvalue weighted by molar-refractivity contribution is 0.198.